The molecule has 1 aromatic rings. The van der Waals surface area contributed by atoms with E-state index < -0.39 is 0 Å². The van der Waals surface area contributed by atoms with Crippen molar-refractivity contribution in [1.82, 2.24) is 4.90 Å². The lowest BCUT2D eigenvalue weighted by Crippen LogP contribution is -2.38. The van der Waals surface area contributed by atoms with Gasteiger partial charge in [-0.1, -0.05) is 37.5 Å². The molecule has 1 aromatic carbocycles. The molecule has 0 bridgehead atoms. The molecule has 1 unspecified atom stereocenters. The van der Waals surface area contributed by atoms with Crippen molar-refractivity contribution in [2.45, 2.75) is 44.6 Å². The molecule has 3 heteroatoms. The van der Waals surface area contributed by atoms with E-state index in [9.17, 15) is 4.79 Å². The van der Waals surface area contributed by atoms with E-state index in [4.69, 9.17) is 4.74 Å². The molecule has 1 amide bonds. The van der Waals surface area contributed by atoms with Gasteiger partial charge in [-0.05, 0) is 18.9 Å². The third-order valence-electron chi connectivity index (χ3n) is 4.70. The Morgan fingerprint density at radius 2 is 1.90 bits per heavy atom. The van der Waals surface area contributed by atoms with Crippen molar-refractivity contribution in [3.63, 3.8) is 0 Å². The van der Waals surface area contributed by atoms with Gasteiger partial charge in [0.25, 0.3) is 0 Å². The molecule has 0 radical (unpaired) electrons. The number of fused-ring (bicyclic) bond motifs is 1. The number of ether oxygens (including phenoxy) is 1. The minimum atomic E-state index is 0.175. The van der Waals surface area contributed by atoms with Crippen LogP contribution < -0.4 is 4.74 Å². The van der Waals surface area contributed by atoms with Crippen molar-refractivity contribution in [3.8, 4) is 5.75 Å². The van der Waals surface area contributed by atoms with Crippen molar-refractivity contribution in [2.24, 2.45) is 5.92 Å². The minimum absolute atomic E-state index is 0.175. The second-order valence-electron chi connectivity index (χ2n) is 5.97. The molecule has 0 aromatic heterocycles. The average molecular weight is 273 g/mol. The highest BCUT2D eigenvalue weighted by Gasteiger charge is 2.31. The molecular weight excluding hydrogens is 250 g/mol. The number of carbonyl (C=O) groups is 1. The number of benzene rings is 1. The molecular formula is C17H23NO2. The van der Waals surface area contributed by atoms with Crippen molar-refractivity contribution >= 4 is 5.91 Å². The summed E-state index contributed by atoms with van der Waals surface area (Å²) in [5.41, 5.74) is 1.16. The van der Waals surface area contributed by atoms with Gasteiger partial charge >= 0.3 is 0 Å². The fourth-order valence-corrected chi connectivity index (χ4v) is 3.52. The maximum absolute atomic E-state index is 12.7. The Kier molecular flexibility index (Phi) is 3.95. The summed E-state index contributed by atoms with van der Waals surface area (Å²) < 4.78 is 5.69. The fraction of sp³-hybridized carbons (Fsp3) is 0.588. The lowest BCUT2D eigenvalue weighted by molar-refractivity contribution is -0.138. The zero-order chi connectivity index (χ0) is 13.9. The standard InChI is InChI=1S/C17H23NO2/c1-18(17(19)13-7-3-2-4-8-13)15-11-12-20-16-10-6-5-9-14(15)16/h5-6,9-10,13,15H,2-4,7-8,11-12H2,1H3. The number of hydrogen-bond donors (Lipinski definition) is 0. The van der Waals surface area contributed by atoms with Gasteiger partial charge in [-0.2, -0.15) is 0 Å². The highest BCUT2D eigenvalue weighted by Crippen LogP contribution is 2.36. The molecule has 0 spiro atoms. The lowest BCUT2D eigenvalue weighted by Gasteiger charge is -2.36. The molecule has 1 atom stereocenters. The lowest BCUT2D eigenvalue weighted by atomic mass is 9.87. The Morgan fingerprint density at radius 3 is 2.70 bits per heavy atom. The Labute approximate surface area is 120 Å². The summed E-state index contributed by atoms with van der Waals surface area (Å²) in [6.45, 7) is 0.698. The molecule has 20 heavy (non-hydrogen) atoms. The van der Waals surface area contributed by atoms with E-state index in [1.807, 2.05) is 30.1 Å². The molecule has 2 aliphatic rings. The second-order valence-corrected chi connectivity index (χ2v) is 5.97. The van der Waals surface area contributed by atoms with Gasteiger partial charge < -0.3 is 9.64 Å². The summed E-state index contributed by atoms with van der Waals surface area (Å²) in [4.78, 5) is 14.7. The van der Waals surface area contributed by atoms with Crippen LogP contribution in [-0.2, 0) is 4.79 Å². The number of amides is 1. The van der Waals surface area contributed by atoms with Crippen molar-refractivity contribution in [2.75, 3.05) is 13.7 Å². The van der Waals surface area contributed by atoms with Crippen LogP contribution in [0.5, 0.6) is 5.75 Å². The third-order valence-corrected chi connectivity index (χ3v) is 4.70. The first-order valence-electron chi connectivity index (χ1n) is 7.76. The molecule has 1 aliphatic heterocycles. The van der Waals surface area contributed by atoms with Gasteiger partial charge in [-0.25, -0.2) is 0 Å². The van der Waals surface area contributed by atoms with E-state index in [1.165, 1.54) is 19.3 Å². The van der Waals surface area contributed by atoms with Gasteiger partial charge in [0, 0.05) is 24.9 Å². The van der Waals surface area contributed by atoms with Gasteiger partial charge in [0.05, 0.1) is 12.6 Å². The summed E-state index contributed by atoms with van der Waals surface area (Å²) in [6.07, 6.45) is 6.71. The van der Waals surface area contributed by atoms with Crippen molar-refractivity contribution < 1.29 is 9.53 Å². The maximum Gasteiger partial charge on any atom is 0.225 e. The Balaban J connectivity index is 1.77. The highest BCUT2D eigenvalue weighted by molar-refractivity contribution is 5.79. The Morgan fingerprint density at radius 1 is 1.15 bits per heavy atom. The fourth-order valence-electron chi connectivity index (χ4n) is 3.52. The van der Waals surface area contributed by atoms with Crippen LogP contribution in [0.4, 0.5) is 0 Å². The van der Waals surface area contributed by atoms with Gasteiger partial charge in [0.1, 0.15) is 5.75 Å². The van der Waals surface area contributed by atoms with E-state index in [0.717, 1.165) is 30.6 Å². The normalized spacial score (nSPS) is 22.8. The molecule has 1 fully saturated rings. The summed E-state index contributed by atoms with van der Waals surface area (Å²) in [5.74, 6) is 1.50. The van der Waals surface area contributed by atoms with Crippen LogP contribution >= 0.6 is 0 Å². The molecule has 0 saturated heterocycles. The summed E-state index contributed by atoms with van der Waals surface area (Å²) in [6, 6.07) is 8.28. The minimum Gasteiger partial charge on any atom is -0.493 e. The van der Waals surface area contributed by atoms with Gasteiger partial charge in [-0.15, -0.1) is 0 Å². The van der Waals surface area contributed by atoms with E-state index in [-0.39, 0.29) is 12.0 Å². The van der Waals surface area contributed by atoms with Crippen molar-refractivity contribution in [3.05, 3.63) is 29.8 Å². The second kappa shape index (κ2) is 5.86. The molecule has 1 aliphatic carbocycles. The third kappa shape index (κ3) is 2.54. The smallest absolute Gasteiger partial charge is 0.225 e. The van der Waals surface area contributed by atoms with Crippen LogP contribution in [0.1, 0.15) is 50.1 Å². The SMILES string of the molecule is CN(C(=O)C1CCCCC1)C1CCOc2ccccc21. The molecule has 3 rings (SSSR count). The van der Waals surface area contributed by atoms with Crippen molar-refractivity contribution in [1.29, 1.82) is 0 Å². The first-order valence-corrected chi connectivity index (χ1v) is 7.76. The first kappa shape index (κ1) is 13.5. The quantitative estimate of drug-likeness (QED) is 0.824. The Hall–Kier alpha value is -1.51. The van der Waals surface area contributed by atoms with Crippen LogP contribution in [-0.4, -0.2) is 24.5 Å². The van der Waals surface area contributed by atoms with Gasteiger partial charge in [0.15, 0.2) is 0 Å². The molecule has 1 heterocycles. The molecule has 1 saturated carbocycles. The van der Waals surface area contributed by atoms with Crippen LogP contribution in [0.2, 0.25) is 0 Å². The van der Waals surface area contributed by atoms with Gasteiger partial charge in [0.2, 0.25) is 5.91 Å². The topological polar surface area (TPSA) is 29.5 Å². The van der Waals surface area contributed by atoms with Crippen LogP contribution in [0.15, 0.2) is 24.3 Å². The van der Waals surface area contributed by atoms with Crippen LogP contribution in [0.3, 0.4) is 0 Å². The molecule has 0 N–H and O–H groups in total. The maximum atomic E-state index is 12.7. The summed E-state index contributed by atoms with van der Waals surface area (Å²) in [7, 11) is 1.96. The zero-order valence-electron chi connectivity index (χ0n) is 12.2. The number of nitrogens with zero attached hydrogens (tertiary/aromatic N) is 1. The molecule has 3 nitrogen and oxygen atoms in total. The summed E-state index contributed by atoms with van der Waals surface area (Å²) >= 11 is 0. The highest BCUT2D eigenvalue weighted by atomic mass is 16.5. The van der Waals surface area contributed by atoms with E-state index in [1.54, 1.807) is 0 Å². The average Bonchev–Trinajstić information content (AvgIpc) is 2.54. The van der Waals surface area contributed by atoms with Gasteiger partial charge in [-0.3, -0.25) is 4.79 Å². The summed E-state index contributed by atoms with van der Waals surface area (Å²) in [5, 5.41) is 0. The predicted molar refractivity (Wildman–Crippen MR) is 78.6 cm³/mol. The molecule has 108 valence electrons. The Bertz CT molecular complexity index is 480. The van der Waals surface area contributed by atoms with Crippen LogP contribution in [0, 0.1) is 5.92 Å². The van der Waals surface area contributed by atoms with E-state index in [2.05, 4.69) is 6.07 Å². The van der Waals surface area contributed by atoms with E-state index in [0.29, 0.717) is 12.5 Å². The first-order chi connectivity index (χ1) is 9.77. The number of rotatable bonds is 2. The number of para-hydroxylation sites is 1. The van der Waals surface area contributed by atoms with Crippen LogP contribution in [0.25, 0.3) is 0 Å². The largest absolute Gasteiger partial charge is 0.493 e. The van der Waals surface area contributed by atoms with E-state index >= 15 is 0 Å². The zero-order valence-corrected chi connectivity index (χ0v) is 12.2. The number of carbonyl (C=O) groups excluding carboxylic acids is 1. The number of hydrogen-bond acceptors (Lipinski definition) is 2. The monoisotopic (exact) mass is 273 g/mol. The predicted octanol–water partition coefficient (Wildman–Crippen LogP) is 3.55.